The molecule has 0 saturated heterocycles. The third kappa shape index (κ3) is 3.51. The highest BCUT2D eigenvalue weighted by molar-refractivity contribution is 5.94. The average Bonchev–Trinajstić information content (AvgIpc) is 2.57. The lowest BCUT2D eigenvalue weighted by molar-refractivity contribution is -0.686. The maximum absolute atomic E-state index is 12.2. The number of carbonyl (C=O) groups is 1. The molecule has 23 heavy (non-hydrogen) atoms. The number of nitrogens with zero attached hydrogens (tertiary/aromatic N) is 2. The summed E-state index contributed by atoms with van der Waals surface area (Å²) in [7, 11) is 0. The maximum Gasteiger partial charge on any atom is 0.287 e. The van der Waals surface area contributed by atoms with Gasteiger partial charge in [-0.3, -0.25) is 4.79 Å². The Bertz CT molecular complexity index is 824. The maximum atomic E-state index is 12.2. The number of ketones is 1. The van der Waals surface area contributed by atoms with Crippen LogP contribution in [0.3, 0.4) is 0 Å². The monoisotopic (exact) mass is 303 g/mol. The predicted octanol–water partition coefficient (Wildman–Crippen LogP) is 3.54. The summed E-state index contributed by atoms with van der Waals surface area (Å²) < 4.78 is 1.81. The van der Waals surface area contributed by atoms with Gasteiger partial charge in [-0.1, -0.05) is 54.1 Å². The fourth-order valence-corrected chi connectivity index (χ4v) is 2.62. The number of aryl methyl sites for hydroxylation is 2. The molecule has 0 bridgehead atoms. The summed E-state index contributed by atoms with van der Waals surface area (Å²) in [5.74, 6) is 0.0802. The first-order valence-electron chi connectivity index (χ1n) is 7.64. The minimum absolute atomic E-state index is 0.0802. The van der Waals surface area contributed by atoms with Crippen LogP contribution in [0, 0.1) is 13.8 Å². The molecule has 3 heteroatoms. The zero-order valence-electron chi connectivity index (χ0n) is 13.4. The minimum atomic E-state index is 0.0802. The van der Waals surface area contributed by atoms with Crippen LogP contribution in [0.25, 0.3) is 11.3 Å². The lowest BCUT2D eigenvalue weighted by Gasteiger charge is -2.04. The van der Waals surface area contributed by atoms with Gasteiger partial charge in [0.2, 0.25) is 5.78 Å². The van der Waals surface area contributed by atoms with Gasteiger partial charge in [-0.15, -0.1) is 0 Å². The van der Waals surface area contributed by atoms with Gasteiger partial charge in [0.15, 0.2) is 12.2 Å². The van der Waals surface area contributed by atoms with Crippen molar-refractivity contribution in [3.63, 3.8) is 0 Å². The number of hydrogen-bond donors (Lipinski definition) is 0. The van der Waals surface area contributed by atoms with Crippen LogP contribution in [0.1, 0.15) is 21.5 Å². The molecular weight excluding hydrogens is 284 g/mol. The number of carbonyl (C=O) groups excluding carboxylic acids is 1. The van der Waals surface area contributed by atoms with Gasteiger partial charge in [0.25, 0.3) is 6.33 Å². The molecule has 0 saturated carbocycles. The molecule has 0 N–H and O–H groups in total. The van der Waals surface area contributed by atoms with Crippen LogP contribution < -0.4 is 4.57 Å². The Kier molecular flexibility index (Phi) is 4.29. The van der Waals surface area contributed by atoms with Crippen molar-refractivity contribution in [1.82, 2.24) is 4.98 Å². The second kappa shape index (κ2) is 6.53. The third-order valence-corrected chi connectivity index (χ3v) is 3.85. The Morgan fingerprint density at radius 2 is 1.83 bits per heavy atom. The summed E-state index contributed by atoms with van der Waals surface area (Å²) in [5.41, 5.74) is 5.21. The topological polar surface area (TPSA) is 33.8 Å². The number of benzene rings is 2. The molecule has 3 nitrogen and oxygen atoms in total. The van der Waals surface area contributed by atoms with Crippen molar-refractivity contribution in [1.29, 1.82) is 0 Å². The highest BCUT2D eigenvalue weighted by atomic mass is 16.1. The van der Waals surface area contributed by atoms with Crippen molar-refractivity contribution in [2.75, 3.05) is 0 Å². The molecule has 0 aliphatic heterocycles. The first kappa shape index (κ1) is 15.1. The van der Waals surface area contributed by atoms with Crippen molar-refractivity contribution >= 4 is 5.78 Å². The summed E-state index contributed by atoms with van der Waals surface area (Å²) in [6.07, 6.45) is 3.62. The standard InChI is InChI=1S/C20H19N2O/c1-15-8-9-18(16(2)12-15)19-10-11-22(14-21-19)13-20(23)17-6-4-3-5-7-17/h3-12,14H,13H2,1-2H3/q+1. The van der Waals surface area contributed by atoms with E-state index in [1.165, 1.54) is 11.1 Å². The van der Waals surface area contributed by atoms with E-state index >= 15 is 0 Å². The molecule has 0 atom stereocenters. The Morgan fingerprint density at radius 3 is 2.48 bits per heavy atom. The third-order valence-electron chi connectivity index (χ3n) is 3.85. The second-order valence-electron chi connectivity index (χ2n) is 5.73. The molecule has 3 rings (SSSR count). The molecule has 0 aliphatic rings. The SMILES string of the molecule is Cc1ccc(-c2cc[n+](CC(=O)c3ccccc3)cn2)c(C)c1. The van der Waals surface area contributed by atoms with Crippen LogP contribution in [-0.2, 0) is 6.54 Å². The van der Waals surface area contributed by atoms with E-state index in [4.69, 9.17) is 0 Å². The lowest BCUT2D eigenvalue weighted by Crippen LogP contribution is -2.37. The normalized spacial score (nSPS) is 10.5. The van der Waals surface area contributed by atoms with Crippen molar-refractivity contribution in [3.8, 4) is 11.3 Å². The number of aromatic nitrogens is 2. The van der Waals surface area contributed by atoms with Crippen LogP contribution in [0.5, 0.6) is 0 Å². The van der Waals surface area contributed by atoms with E-state index in [1.807, 2.05) is 47.2 Å². The van der Waals surface area contributed by atoms with Crippen molar-refractivity contribution in [2.24, 2.45) is 0 Å². The Balaban J connectivity index is 1.78. The van der Waals surface area contributed by atoms with E-state index in [0.29, 0.717) is 6.54 Å². The van der Waals surface area contributed by atoms with Gasteiger partial charge in [-0.2, -0.15) is 0 Å². The lowest BCUT2D eigenvalue weighted by atomic mass is 10.0. The summed E-state index contributed by atoms with van der Waals surface area (Å²) >= 11 is 0. The van der Waals surface area contributed by atoms with Gasteiger partial charge >= 0.3 is 0 Å². The Hall–Kier alpha value is -2.81. The van der Waals surface area contributed by atoms with Crippen LogP contribution in [0.4, 0.5) is 0 Å². The van der Waals surface area contributed by atoms with Gasteiger partial charge < -0.3 is 0 Å². The quantitative estimate of drug-likeness (QED) is 0.546. The molecule has 114 valence electrons. The van der Waals surface area contributed by atoms with Gasteiger partial charge in [-0.25, -0.2) is 4.57 Å². The average molecular weight is 303 g/mol. The molecule has 1 heterocycles. The van der Waals surface area contributed by atoms with Crippen LogP contribution in [0.15, 0.2) is 67.1 Å². The smallest absolute Gasteiger partial charge is 0.287 e. The summed E-state index contributed by atoms with van der Waals surface area (Å²) in [5, 5.41) is 0. The van der Waals surface area contributed by atoms with Crippen LogP contribution in [0.2, 0.25) is 0 Å². The first-order chi connectivity index (χ1) is 11.1. The van der Waals surface area contributed by atoms with E-state index < -0.39 is 0 Å². The summed E-state index contributed by atoms with van der Waals surface area (Å²) in [4.78, 5) is 16.7. The first-order valence-corrected chi connectivity index (χ1v) is 7.64. The zero-order valence-corrected chi connectivity index (χ0v) is 13.4. The largest absolute Gasteiger partial charge is 0.290 e. The zero-order chi connectivity index (χ0) is 16.2. The molecular formula is C20H19N2O+. The van der Waals surface area contributed by atoms with E-state index in [2.05, 4.69) is 37.0 Å². The molecule has 0 unspecified atom stereocenters. The fourth-order valence-electron chi connectivity index (χ4n) is 2.62. The molecule has 0 fully saturated rings. The van der Waals surface area contributed by atoms with Crippen LogP contribution >= 0.6 is 0 Å². The molecule has 0 spiro atoms. The number of hydrogen-bond acceptors (Lipinski definition) is 2. The fraction of sp³-hybridized carbons (Fsp3) is 0.150. The number of rotatable bonds is 4. The van der Waals surface area contributed by atoms with Gasteiger partial charge in [0.1, 0.15) is 0 Å². The molecule has 2 aromatic carbocycles. The van der Waals surface area contributed by atoms with E-state index in [0.717, 1.165) is 16.8 Å². The van der Waals surface area contributed by atoms with Gasteiger partial charge in [0, 0.05) is 17.2 Å². The molecule has 3 aromatic rings. The minimum Gasteiger partial charge on any atom is -0.290 e. The van der Waals surface area contributed by atoms with Crippen molar-refractivity contribution < 1.29 is 9.36 Å². The van der Waals surface area contributed by atoms with E-state index in [9.17, 15) is 4.79 Å². The van der Waals surface area contributed by atoms with E-state index in [-0.39, 0.29) is 5.78 Å². The molecule has 0 amide bonds. The van der Waals surface area contributed by atoms with Crippen molar-refractivity contribution in [2.45, 2.75) is 20.4 Å². The Labute approximate surface area is 136 Å². The summed E-state index contributed by atoms with van der Waals surface area (Å²) in [6.45, 7) is 4.46. The van der Waals surface area contributed by atoms with E-state index in [1.54, 1.807) is 6.33 Å². The second-order valence-corrected chi connectivity index (χ2v) is 5.73. The van der Waals surface area contributed by atoms with Crippen molar-refractivity contribution in [3.05, 3.63) is 83.8 Å². The molecule has 0 aliphatic carbocycles. The Morgan fingerprint density at radius 1 is 1.04 bits per heavy atom. The van der Waals surface area contributed by atoms with Crippen LogP contribution in [-0.4, -0.2) is 10.8 Å². The summed E-state index contributed by atoms with van der Waals surface area (Å²) in [6, 6.07) is 17.6. The predicted molar refractivity (Wildman–Crippen MR) is 90.1 cm³/mol. The number of Topliss-reactive ketones (excluding diaryl/α,β-unsaturated/α-hetero) is 1. The molecule has 0 radical (unpaired) electrons. The van der Waals surface area contributed by atoms with Gasteiger partial charge in [-0.05, 0) is 24.4 Å². The molecule has 1 aromatic heterocycles. The van der Waals surface area contributed by atoms with Gasteiger partial charge in [0.05, 0.1) is 6.20 Å². The highest BCUT2D eigenvalue weighted by Crippen LogP contribution is 2.21. The highest BCUT2D eigenvalue weighted by Gasteiger charge is 2.12.